The molecule has 1 aromatic carbocycles. The van der Waals surface area contributed by atoms with Gasteiger partial charge in [0.25, 0.3) is 11.8 Å². The van der Waals surface area contributed by atoms with Crippen molar-refractivity contribution < 1.29 is 19.5 Å². The molecule has 0 radical (unpaired) electrons. The highest BCUT2D eigenvalue weighted by Crippen LogP contribution is 2.22. The first kappa shape index (κ1) is 20.1. The van der Waals surface area contributed by atoms with Crippen molar-refractivity contribution in [1.29, 1.82) is 0 Å². The van der Waals surface area contributed by atoms with Gasteiger partial charge in [0, 0.05) is 6.54 Å². The number of unbranched alkanes of at least 4 members (excludes halogenated alkanes) is 1. The number of carbonyl (C=O) groups excluding carboxylic acids is 2. The number of nitrogens with one attached hydrogen (secondary N) is 1. The second kappa shape index (κ2) is 9.39. The highest BCUT2D eigenvalue weighted by atomic mass is 35.5. The molecule has 0 saturated heterocycles. The van der Waals surface area contributed by atoms with Gasteiger partial charge in [0.2, 0.25) is 0 Å². The molecule has 0 aromatic heterocycles. The number of halogens is 1. The Hall–Kier alpha value is -1.92. The van der Waals surface area contributed by atoms with Crippen molar-refractivity contribution in [3.8, 4) is 0 Å². The third-order valence-corrected chi connectivity index (χ3v) is 3.95. The molecule has 0 bridgehead atoms. The SMILES string of the molecule is CCCC(NCCCCN1C(=O)c2ccccc2C1=O)C(=O)O.Cl. The maximum atomic E-state index is 12.2. The predicted molar refractivity (Wildman–Crippen MR) is 92.6 cm³/mol. The van der Waals surface area contributed by atoms with Crippen molar-refractivity contribution in [3.05, 3.63) is 35.4 Å². The smallest absolute Gasteiger partial charge is 0.320 e. The van der Waals surface area contributed by atoms with E-state index in [4.69, 9.17) is 5.11 Å². The number of benzene rings is 1. The van der Waals surface area contributed by atoms with E-state index in [-0.39, 0.29) is 24.2 Å². The summed E-state index contributed by atoms with van der Waals surface area (Å²) < 4.78 is 0. The van der Waals surface area contributed by atoms with Gasteiger partial charge in [-0.05, 0) is 37.9 Å². The number of hydrogen-bond donors (Lipinski definition) is 2. The Labute approximate surface area is 147 Å². The Morgan fingerprint density at radius 2 is 1.75 bits per heavy atom. The summed E-state index contributed by atoms with van der Waals surface area (Å²) in [6, 6.07) is 6.30. The quantitative estimate of drug-likeness (QED) is 0.525. The van der Waals surface area contributed by atoms with Gasteiger partial charge in [0.1, 0.15) is 6.04 Å². The second-order valence-electron chi connectivity index (χ2n) is 5.65. The number of nitrogens with zero attached hydrogens (tertiary/aromatic N) is 1. The van der Waals surface area contributed by atoms with Crippen molar-refractivity contribution >= 4 is 30.2 Å². The third-order valence-electron chi connectivity index (χ3n) is 3.95. The molecule has 0 fully saturated rings. The lowest BCUT2D eigenvalue weighted by Crippen LogP contribution is -2.37. The van der Waals surface area contributed by atoms with Crippen LogP contribution in [0.4, 0.5) is 0 Å². The minimum absolute atomic E-state index is 0. The maximum Gasteiger partial charge on any atom is 0.320 e. The number of carboxylic acid groups (broad SMARTS) is 1. The topological polar surface area (TPSA) is 86.7 Å². The van der Waals surface area contributed by atoms with Gasteiger partial charge in [-0.2, -0.15) is 0 Å². The van der Waals surface area contributed by atoms with Crippen molar-refractivity contribution in [2.45, 2.75) is 38.6 Å². The number of carboxylic acids is 1. The highest BCUT2D eigenvalue weighted by Gasteiger charge is 2.34. The van der Waals surface area contributed by atoms with Crippen molar-refractivity contribution in [1.82, 2.24) is 10.2 Å². The standard InChI is InChI=1S/C17H22N2O4.ClH/c1-2-7-14(17(22)23)18-10-5-6-11-19-15(20)12-8-3-4-9-13(12)16(19)21;/h3-4,8-9,14,18H,2,5-7,10-11H2,1H3,(H,22,23);1H. The largest absolute Gasteiger partial charge is 0.480 e. The summed E-state index contributed by atoms with van der Waals surface area (Å²) in [5, 5.41) is 12.0. The first-order valence-corrected chi connectivity index (χ1v) is 7.97. The van der Waals surface area contributed by atoms with Gasteiger partial charge in [-0.25, -0.2) is 0 Å². The van der Waals surface area contributed by atoms with Crippen LogP contribution >= 0.6 is 12.4 Å². The molecule has 132 valence electrons. The molecule has 6 nitrogen and oxygen atoms in total. The minimum atomic E-state index is -0.841. The molecule has 24 heavy (non-hydrogen) atoms. The van der Waals surface area contributed by atoms with Crippen LogP contribution in [0.5, 0.6) is 0 Å². The van der Waals surface area contributed by atoms with Gasteiger partial charge < -0.3 is 10.4 Å². The summed E-state index contributed by atoms with van der Waals surface area (Å²) in [6.45, 7) is 2.86. The van der Waals surface area contributed by atoms with Crippen LogP contribution in [0.25, 0.3) is 0 Å². The van der Waals surface area contributed by atoms with Gasteiger partial charge >= 0.3 is 5.97 Å². The number of carbonyl (C=O) groups is 3. The van der Waals surface area contributed by atoms with Gasteiger partial charge in [-0.3, -0.25) is 19.3 Å². The predicted octanol–water partition coefficient (Wildman–Crippen LogP) is 2.33. The Bertz CT molecular complexity index is 571. The summed E-state index contributed by atoms with van der Waals surface area (Å²) in [6.07, 6.45) is 2.75. The molecule has 0 spiro atoms. The summed E-state index contributed by atoms with van der Waals surface area (Å²) in [7, 11) is 0. The van der Waals surface area contributed by atoms with Crippen molar-refractivity contribution in [3.63, 3.8) is 0 Å². The molecule has 0 aliphatic carbocycles. The van der Waals surface area contributed by atoms with E-state index in [1.807, 2.05) is 6.92 Å². The van der Waals surface area contributed by atoms with Crippen LogP contribution in [-0.4, -0.2) is 46.9 Å². The lowest BCUT2D eigenvalue weighted by atomic mass is 10.1. The molecule has 1 atom stereocenters. The van der Waals surface area contributed by atoms with E-state index in [0.717, 1.165) is 6.42 Å². The Morgan fingerprint density at radius 3 is 2.25 bits per heavy atom. The summed E-state index contributed by atoms with van der Waals surface area (Å²) in [4.78, 5) is 36.6. The fourth-order valence-electron chi connectivity index (χ4n) is 2.71. The molecule has 1 aliphatic rings. The summed E-state index contributed by atoms with van der Waals surface area (Å²) >= 11 is 0. The number of hydrogen-bond acceptors (Lipinski definition) is 4. The van der Waals surface area contributed by atoms with Crippen LogP contribution < -0.4 is 5.32 Å². The third kappa shape index (κ3) is 4.55. The second-order valence-corrected chi connectivity index (χ2v) is 5.65. The normalized spacial score (nSPS) is 14.3. The number of imide groups is 1. The highest BCUT2D eigenvalue weighted by molar-refractivity contribution is 6.21. The monoisotopic (exact) mass is 354 g/mol. The van der Waals surface area contributed by atoms with Crippen LogP contribution in [-0.2, 0) is 4.79 Å². The van der Waals surface area contributed by atoms with Crippen LogP contribution in [0.1, 0.15) is 53.3 Å². The number of amides is 2. The molecule has 2 amide bonds. The number of aliphatic carboxylic acids is 1. The van der Waals surface area contributed by atoms with Crippen LogP contribution in [0, 0.1) is 0 Å². The summed E-state index contributed by atoms with van der Waals surface area (Å²) in [5.41, 5.74) is 0.925. The lowest BCUT2D eigenvalue weighted by Gasteiger charge is -2.15. The first-order chi connectivity index (χ1) is 11.1. The van der Waals surface area contributed by atoms with Gasteiger partial charge in [0.05, 0.1) is 11.1 Å². The average Bonchev–Trinajstić information content (AvgIpc) is 2.78. The van der Waals surface area contributed by atoms with E-state index < -0.39 is 12.0 Å². The Morgan fingerprint density at radius 1 is 1.17 bits per heavy atom. The molecule has 1 aromatic rings. The molecule has 2 N–H and O–H groups in total. The van der Waals surface area contributed by atoms with E-state index in [1.54, 1.807) is 24.3 Å². The zero-order valence-electron chi connectivity index (χ0n) is 13.7. The number of fused-ring (bicyclic) bond motifs is 1. The molecule has 1 aliphatic heterocycles. The van der Waals surface area contributed by atoms with E-state index in [1.165, 1.54) is 4.90 Å². The minimum Gasteiger partial charge on any atom is -0.480 e. The zero-order valence-corrected chi connectivity index (χ0v) is 14.5. The fourth-order valence-corrected chi connectivity index (χ4v) is 2.71. The van der Waals surface area contributed by atoms with E-state index in [0.29, 0.717) is 43.5 Å². The van der Waals surface area contributed by atoms with E-state index >= 15 is 0 Å². The van der Waals surface area contributed by atoms with Gasteiger partial charge in [0.15, 0.2) is 0 Å². The molecular formula is C17H23ClN2O4. The molecule has 0 saturated carbocycles. The maximum absolute atomic E-state index is 12.2. The van der Waals surface area contributed by atoms with E-state index in [2.05, 4.69) is 5.32 Å². The van der Waals surface area contributed by atoms with E-state index in [9.17, 15) is 14.4 Å². The molecular weight excluding hydrogens is 332 g/mol. The van der Waals surface area contributed by atoms with Crippen molar-refractivity contribution in [2.24, 2.45) is 0 Å². The molecule has 2 rings (SSSR count). The molecule has 1 unspecified atom stereocenters. The zero-order chi connectivity index (χ0) is 16.8. The van der Waals surface area contributed by atoms with Gasteiger partial charge in [-0.15, -0.1) is 12.4 Å². The Kier molecular flexibility index (Phi) is 7.88. The van der Waals surface area contributed by atoms with Crippen LogP contribution in [0.15, 0.2) is 24.3 Å². The Balaban J connectivity index is 0.00000288. The van der Waals surface area contributed by atoms with Gasteiger partial charge in [-0.1, -0.05) is 25.5 Å². The number of rotatable bonds is 9. The first-order valence-electron chi connectivity index (χ1n) is 7.97. The molecule has 1 heterocycles. The van der Waals surface area contributed by atoms with Crippen molar-refractivity contribution in [2.75, 3.05) is 13.1 Å². The average molecular weight is 355 g/mol. The molecule has 7 heteroatoms. The summed E-state index contributed by atoms with van der Waals surface area (Å²) in [5.74, 6) is -1.33. The van der Waals surface area contributed by atoms with Crippen LogP contribution in [0.3, 0.4) is 0 Å². The lowest BCUT2D eigenvalue weighted by molar-refractivity contribution is -0.139. The fraction of sp³-hybridized carbons (Fsp3) is 0.471. The van der Waals surface area contributed by atoms with Crippen LogP contribution in [0.2, 0.25) is 0 Å².